The molecule has 0 aromatic heterocycles. The van der Waals surface area contributed by atoms with Crippen molar-refractivity contribution in [3.63, 3.8) is 0 Å². The first-order chi connectivity index (χ1) is 10.8. The Morgan fingerprint density at radius 1 is 1.30 bits per heavy atom. The zero-order valence-corrected chi connectivity index (χ0v) is 14.3. The molecule has 1 aliphatic rings. The quantitative estimate of drug-likeness (QED) is 0.850. The number of carbonyl (C=O) groups is 1. The predicted molar refractivity (Wildman–Crippen MR) is 85.7 cm³/mol. The lowest BCUT2D eigenvalue weighted by molar-refractivity contribution is -0.143. The van der Waals surface area contributed by atoms with E-state index in [1.807, 2.05) is 6.92 Å². The second-order valence-electron chi connectivity index (χ2n) is 6.08. The molecule has 128 valence electrons. The summed E-state index contributed by atoms with van der Waals surface area (Å²) in [6.07, 6.45) is 1.23. The highest BCUT2D eigenvalue weighted by atomic mass is 32.2. The Hall–Kier alpha value is -1.44. The fourth-order valence-electron chi connectivity index (χ4n) is 2.87. The SMILES string of the molecule is COCCc1ccc(S(=O)(=O)N2CC(C)CC(C(=O)O)C2)cc1. The van der Waals surface area contributed by atoms with Gasteiger partial charge in [0.15, 0.2) is 0 Å². The van der Waals surface area contributed by atoms with Gasteiger partial charge in [-0.1, -0.05) is 19.1 Å². The van der Waals surface area contributed by atoms with Crippen molar-refractivity contribution < 1.29 is 23.1 Å². The fraction of sp³-hybridized carbons (Fsp3) is 0.562. The number of aliphatic carboxylic acids is 1. The van der Waals surface area contributed by atoms with Crippen molar-refractivity contribution in [2.24, 2.45) is 11.8 Å². The molecular weight excluding hydrogens is 318 g/mol. The van der Waals surface area contributed by atoms with Gasteiger partial charge in [-0.2, -0.15) is 4.31 Å². The minimum absolute atomic E-state index is 0.0283. The van der Waals surface area contributed by atoms with E-state index in [-0.39, 0.29) is 17.4 Å². The van der Waals surface area contributed by atoms with Gasteiger partial charge in [0.25, 0.3) is 0 Å². The average Bonchev–Trinajstić information content (AvgIpc) is 2.52. The van der Waals surface area contributed by atoms with Gasteiger partial charge in [0.2, 0.25) is 10.0 Å². The Bertz CT molecular complexity index is 641. The molecule has 0 bridgehead atoms. The third-order valence-corrected chi connectivity index (χ3v) is 5.98. The number of carboxylic acid groups (broad SMARTS) is 1. The van der Waals surface area contributed by atoms with Gasteiger partial charge in [-0.25, -0.2) is 8.42 Å². The molecule has 2 unspecified atom stereocenters. The highest BCUT2D eigenvalue weighted by molar-refractivity contribution is 7.89. The van der Waals surface area contributed by atoms with Crippen molar-refractivity contribution in [2.75, 3.05) is 26.8 Å². The Kier molecular flexibility index (Phi) is 5.78. The zero-order chi connectivity index (χ0) is 17.0. The lowest BCUT2D eigenvalue weighted by Gasteiger charge is -2.33. The first kappa shape index (κ1) is 17.9. The molecule has 23 heavy (non-hydrogen) atoms. The first-order valence-corrected chi connectivity index (χ1v) is 9.09. The number of hydrogen-bond acceptors (Lipinski definition) is 4. The summed E-state index contributed by atoms with van der Waals surface area (Å²) in [6.45, 7) is 2.85. The normalized spacial score (nSPS) is 22.9. The third kappa shape index (κ3) is 4.31. The average molecular weight is 341 g/mol. The van der Waals surface area contributed by atoms with Crippen LogP contribution in [0.15, 0.2) is 29.2 Å². The van der Waals surface area contributed by atoms with Gasteiger partial charge in [-0.05, 0) is 36.5 Å². The summed E-state index contributed by atoms with van der Waals surface area (Å²) in [6, 6.07) is 6.70. The molecule has 1 aliphatic heterocycles. The number of methoxy groups -OCH3 is 1. The summed E-state index contributed by atoms with van der Waals surface area (Å²) < 4.78 is 31.8. The van der Waals surface area contributed by atoms with Gasteiger partial charge in [0, 0.05) is 20.2 Å². The molecule has 1 saturated heterocycles. The highest BCUT2D eigenvalue weighted by Crippen LogP contribution is 2.27. The number of ether oxygens (including phenoxy) is 1. The summed E-state index contributed by atoms with van der Waals surface area (Å²) in [5.41, 5.74) is 1.00. The van der Waals surface area contributed by atoms with E-state index in [2.05, 4.69) is 0 Å². The monoisotopic (exact) mass is 341 g/mol. The maximum atomic E-state index is 12.7. The number of nitrogens with zero attached hydrogens (tertiary/aromatic N) is 1. The van der Waals surface area contributed by atoms with Gasteiger partial charge in [-0.15, -0.1) is 0 Å². The second-order valence-corrected chi connectivity index (χ2v) is 8.02. The van der Waals surface area contributed by atoms with Crippen molar-refractivity contribution in [1.29, 1.82) is 0 Å². The lowest BCUT2D eigenvalue weighted by atomic mass is 9.92. The van der Waals surface area contributed by atoms with E-state index in [9.17, 15) is 18.3 Å². The molecular formula is C16H23NO5S. The fourth-order valence-corrected chi connectivity index (χ4v) is 4.48. The standard InChI is InChI=1S/C16H23NO5S/c1-12-9-14(16(18)19)11-17(10-12)23(20,21)15-5-3-13(4-6-15)7-8-22-2/h3-6,12,14H,7-11H2,1-2H3,(H,18,19). The number of rotatable bonds is 6. The highest BCUT2D eigenvalue weighted by Gasteiger charge is 2.36. The summed E-state index contributed by atoms with van der Waals surface area (Å²) >= 11 is 0. The van der Waals surface area contributed by atoms with Crippen LogP contribution in [0.3, 0.4) is 0 Å². The number of hydrogen-bond donors (Lipinski definition) is 1. The molecule has 1 N–H and O–H groups in total. The van der Waals surface area contributed by atoms with Crippen LogP contribution in [0.2, 0.25) is 0 Å². The Morgan fingerprint density at radius 3 is 2.52 bits per heavy atom. The van der Waals surface area contributed by atoms with Crippen LogP contribution in [0.1, 0.15) is 18.9 Å². The van der Waals surface area contributed by atoms with Crippen LogP contribution in [0.5, 0.6) is 0 Å². The van der Waals surface area contributed by atoms with E-state index in [1.165, 1.54) is 4.31 Å². The van der Waals surface area contributed by atoms with E-state index in [0.29, 0.717) is 19.6 Å². The number of carboxylic acids is 1. The topological polar surface area (TPSA) is 83.9 Å². The lowest BCUT2D eigenvalue weighted by Crippen LogP contribution is -2.45. The molecule has 0 radical (unpaired) electrons. The smallest absolute Gasteiger partial charge is 0.307 e. The van der Waals surface area contributed by atoms with E-state index in [4.69, 9.17) is 4.74 Å². The van der Waals surface area contributed by atoms with Crippen LogP contribution in [0.4, 0.5) is 0 Å². The Morgan fingerprint density at radius 2 is 1.96 bits per heavy atom. The zero-order valence-electron chi connectivity index (χ0n) is 13.4. The van der Waals surface area contributed by atoms with Crippen LogP contribution in [0, 0.1) is 11.8 Å². The summed E-state index contributed by atoms with van der Waals surface area (Å²) in [4.78, 5) is 11.4. The Labute approximate surface area is 137 Å². The molecule has 7 heteroatoms. The summed E-state index contributed by atoms with van der Waals surface area (Å²) in [5, 5.41) is 9.20. The van der Waals surface area contributed by atoms with E-state index in [0.717, 1.165) is 12.0 Å². The third-order valence-electron chi connectivity index (χ3n) is 4.13. The van der Waals surface area contributed by atoms with Gasteiger partial charge < -0.3 is 9.84 Å². The molecule has 6 nitrogen and oxygen atoms in total. The Balaban J connectivity index is 2.18. The second kappa shape index (κ2) is 7.42. The van der Waals surface area contributed by atoms with Gasteiger partial charge in [-0.3, -0.25) is 4.79 Å². The molecule has 0 spiro atoms. The number of benzene rings is 1. The minimum Gasteiger partial charge on any atom is -0.481 e. The van der Waals surface area contributed by atoms with Crippen molar-refractivity contribution in [3.8, 4) is 0 Å². The van der Waals surface area contributed by atoms with Crippen LogP contribution in [-0.4, -0.2) is 50.6 Å². The molecule has 2 rings (SSSR count). The van der Waals surface area contributed by atoms with Crippen LogP contribution >= 0.6 is 0 Å². The molecule has 1 fully saturated rings. The van der Waals surface area contributed by atoms with Crippen molar-refractivity contribution in [3.05, 3.63) is 29.8 Å². The summed E-state index contributed by atoms with van der Waals surface area (Å²) in [5.74, 6) is -1.55. The van der Waals surface area contributed by atoms with Crippen molar-refractivity contribution >= 4 is 16.0 Å². The van der Waals surface area contributed by atoms with Gasteiger partial charge in [0.1, 0.15) is 0 Å². The maximum absolute atomic E-state index is 12.7. The number of piperidine rings is 1. The van der Waals surface area contributed by atoms with Crippen molar-refractivity contribution in [2.45, 2.75) is 24.7 Å². The van der Waals surface area contributed by atoms with Crippen molar-refractivity contribution in [1.82, 2.24) is 4.31 Å². The molecule has 0 saturated carbocycles. The van der Waals surface area contributed by atoms with Gasteiger partial charge in [0.05, 0.1) is 17.4 Å². The number of sulfonamides is 1. The molecule has 0 aliphatic carbocycles. The predicted octanol–water partition coefficient (Wildman–Crippen LogP) is 1.61. The molecule has 2 atom stereocenters. The van der Waals surface area contributed by atoms with Crippen LogP contribution in [0.25, 0.3) is 0 Å². The largest absolute Gasteiger partial charge is 0.481 e. The van der Waals surface area contributed by atoms with Gasteiger partial charge >= 0.3 is 5.97 Å². The molecule has 0 amide bonds. The summed E-state index contributed by atoms with van der Waals surface area (Å²) in [7, 11) is -2.04. The molecule has 1 heterocycles. The molecule has 1 aromatic rings. The first-order valence-electron chi connectivity index (χ1n) is 7.65. The van der Waals surface area contributed by atoms with E-state index < -0.39 is 21.9 Å². The molecule has 1 aromatic carbocycles. The van der Waals surface area contributed by atoms with Crippen LogP contribution in [-0.2, 0) is 26.0 Å². The maximum Gasteiger partial charge on any atom is 0.307 e. The van der Waals surface area contributed by atoms with Crippen LogP contribution < -0.4 is 0 Å². The van der Waals surface area contributed by atoms with E-state index >= 15 is 0 Å². The minimum atomic E-state index is -3.66. The van der Waals surface area contributed by atoms with E-state index in [1.54, 1.807) is 31.4 Å².